The van der Waals surface area contributed by atoms with Crippen LogP contribution in [0.2, 0.25) is 0 Å². The molecule has 0 saturated heterocycles. The highest BCUT2D eigenvalue weighted by Gasteiger charge is 2.18. The molecule has 154 valence electrons. The van der Waals surface area contributed by atoms with Crippen LogP contribution in [0.25, 0.3) is 22.2 Å². The molecule has 4 aromatic rings. The predicted octanol–water partition coefficient (Wildman–Crippen LogP) is 3.96. The molecule has 7 nitrogen and oxygen atoms in total. The van der Waals surface area contributed by atoms with Crippen molar-refractivity contribution in [3.8, 4) is 28.5 Å². The average molecular weight is 413 g/mol. The summed E-state index contributed by atoms with van der Waals surface area (Å²) in [5.41, 5.74) is 3.48. The average Bonchev–Trinajstić information content (AvgIpc) is 3.30. The van der Waals surface area contributed by atoms with E-state index in [4.69, 9.17) is 19.2 Å². The lowest BCUT2D eigenvalue weighted by atomic mass is 10.0. The quantitative estimate of drug-likeness (QED) is 0.533. The summed E-state index contributed by atoms with van der Waals surface area (Å²) in [5.74, 6) is 1.80. The van der Waals surface area contributed by atoms with E-state index in [9.17, 15) is 4.79 Å². The number of methoxy groups -OCH3 is 1. The van der Waals surface area contributed by atoms with Crippen molar-refractivity contribution in [1.82, 2.24) is 15.3 Å². The van der Waals surface area contributed by atoms with Gasteiger partial charge in [-0.15, -0.1) is 0 Å². The van der Waals surface area contributed by atoms with Gasteiger partial charge in [0.2, 0.25) is 6.79 Å². The summed E-state index contributed by atoms with van der Waals surface area (Å²) in [5, 5.41) is 3.66. The lowest BCUT2D eigenvalue weighted by Gasteiger charge is -2.12. The van der Waals surface area contributed by atoms with Crippen LogP contribution >= 0.6 is 0 Å². The summed E-state index contributed by atoms with van der Waals surface area (Å²) >= 11 is 0. The number of hydrogen-bond acceptors (Lipinski definition) is 6. The highest BCUT2D eigenvalue weighted by molar-refractivity contribution is 6.07. The Balaban J connectivity index is 1.56. The Morgan fingerprint density at radius 1 is 1.06 bits per heavy atom. The molecular formula is C24H19N3O4. The number of pyridine rings is 2. The predicted molar refractivity (Wildman–Crippen MR) is 115 cm³/mol. The van der Waals surface area contributed by atoms with Crippen LogP contribution in [0.3, 0.4) is 0 Å². The van der Waals surface area contributed by atoms with E-state index in [1.54, 1.807) is 19.4 Å². The minimum absolute atomic E-state index is 0.199. The molecule has 0 unspecified atom stereocenters. The molecule has 7 heteroatoms. The van der Waals surface area contributed by atoms with Gasteiger partial charge in [0, 0.05) is 17.1 Å². The fourth-order valence-corrected chi connectivity index (χ4v) is 3.49. The normalized spacial score (nSPS) is 12.0. The monoisotopic (exact) mass is 413 g/mol. The zero-order valence-electron chi connectivity index (χ0n) is 16.8. The topological polar surface area (TPSA) is 82.6 Å². The Labute approximate surface area is 178 Å². The number of amides is 1. The standard InChI is InChI=1S/C24H19N3O4/c1-29-17-6-7-20-18(11-17)19(24(28)26-13-16-4-2-3-9-25-16)12-21(27-20)15-5-8-22-23(10-15)31-14-30-22/h2-12H,13-14H2,1H3,(H,26,28). The lowest BCUT2D eigenvalue weighted by molar-refractivity contribution is 0.0952. The van der Waals surface area contributed by atoms with E-state index in [0.717, 1.165) is 11.3 Å². The maximum Gasteiger partial charge on any atom is 0.252 e. The molecule has 0 fully saturated rings. The van der Waals surface area contributed by atoms with E-state index in [-0.39, 0.29) is 12.7 Å². The summed E-state index contributed by atoms with van der Waals surface area (Å²) in [7, 11) is 1.59. The van der Waals surface area contributed by atoms with Crippen LogP contribution < -0.4 is 19.5 Å². The Kier molecular flexibility index (Phi) is 4.84. The van der Waals surface area contributed by atoms with Gasteiger partial charge < -0.3 is 19.5 Å². The van der Waals surface area contributed by atoms with Gasteiger partial charge in [-0.3, -0.25) is 9.78 Å². The smallest absolute Gasteiger partial charge is 0.252 e. The number of aromatic nitrogens is 2. The molecule has 2 aromatic heterocycles. The maximum atomic E-state index is 13.2. The van der Waals surface area contributed by atoms with Gasteiger partial charge in [0.1, 0.15) is 5.75 Å². The van der Waals surface area contributed by atoms with Crippen molar-refractivity contribution in [2.45, 2.75) is 6.54 Å². The molecule has 0 saturated carbocycles. The molecule has 0 spiro atoms. The lowest BCUT2D eigenvalue weighted by Crippen LogP contribution is -2.23. The molecule has 1 N–H and O–H groups in total. The molecule has 1 aliphatic heterocycles. The first kappa shape index (κ1) is 18.9. The van der Waals surface area contributed by atoms with Crippen molar-refractivity contribution in [3.05, 3.63) is 78.1 Å². The second kappa shape index (κ2) is 7.95. The number of benzene rings is 2. The molecule has 5 rings (SSSR count). The van der Waals surface area contributed by atoms with Gasteiger partial charge in [-0.1, -0.05) is 6.07 Å². The van der Waals surface area contributed by atoms with Crippen LogP contribution in [0.4, 0.5) is 0 Å². The van der Waals surface area contributed by atoms with Crippen LogP contribution in [0.15, 0.2) is 66.9 Å². The van der Waals surface area contributed by atoms with Gasteiger partial charge in [-0.05, 0) is 54.6 Å². The Bertz CT molecular complexity index is 1270. The van der Waals surface area contributed by atoms with Crippen molar-refractivity contribution < 1.29 is 19.0 Å². The van der Waals surface area contributed by atoms with E-state index in [1.165, 1.54) is 0 Å². The van der Waals surface area contributed by atoms with Gasteiger partial charge in [0.05, 0.1) is 36.1 Å². The summed E-state index contributed by atoms with van der Waals surface area (Å²) in [6.07, 6.45) is 1.70. The first-order valence-corrected chi connectivity index (χ1v) is 9.78. The molecular weight excluding hydrogens is 394 g/mol. The van der Waals surface area contributed by atoms with Gasteiger partial charge in [0.15, 0.2) is 11.5 Å². The van der Waals surface area contributed by atoms with E-state index in [2.05, 4.69) is 10.3 Å². The number of rotatable bonds is 5. The zero-order chi connectivity index (χ0) is 21.2. The summed E-state index contributed by atoms with van der Waals surface area (Å²) < 4.78 is 16.2. The number of carbonyl (C=O) groups excluding carboxylic acids is 1. The van der Waals surface area contributed by atoms with Crippen LogP contribution in [-0.4, -0.2) is 29.8 Å². The third-order valence-corrected chi connectivity index (χ3v) is 5.09. The first-order chi connectivity index (χ1) is 15.2. The van der Waals surface area contributed by atoms with E-state index in [0.29, 0.717) is 46.0 Å². The number of nitrogens with one attached hydrogen (secondary N) is 1. The molecule has 3 heterocycles. The Hall–Kier alpha value is -4.13. The van der Waals surface area contributed by atoms with Crippen molar-refractivity contribution in [1.29, 1.82) is 0 Å². The van der Waals surface area contributed by atoms with Crippen LogP contribution in [-0.2, 0) is 6.54 Å². The first-order valence-electron chi connectivity index (χ1n) is 9.78. The largest absolute Gasteiger partial charge is 0.497 e. The number of ether oxygens (including phenoxy) is 3. The number of hydrogen-bond donors (Lipinski definition) is 1. The molecule has 0 aliphatic carbocycles. The summed E-state index contributed by atoms with van der Waals surface area (Å²) in [6, 6.07) is 18.5. The highest BCUT2D eigenvalue weighted by atomic mass is 16.7. The van der Waals surface area contributed by atoms with Crippen LogP contribution in [0.5, 0.6) is 17.2 Å². The minimum atomic E-state index is -0.215. The highest BCUT2D eigenvalue weighted by Crippen LogP contribution is 2.36. The van der Waals surface area contributed by atoms with Gasteiger partial charge in [-0.2, -0.15) is 0 Å². The second-order valence-corrected chi connectivity index (χ2v) is 7.01. The number of fused-ring (bicyclic) bond motifs is 2. The van der Waals surface area contributed by atoms with Gasteiger partial charge in [0.25, 0.3) is 5.91 Å². The second-order valence-electron chi connectivity index (χ2n) is 7.01. The zero-order valence-corrected chi connectivity index (χ0v) is 16.8. The third kappa shape index (κ3) is 3.73. The molecule has 1 aliphatic rings. The van der Waals surface area contributed by atoms with E-state index < -0.39 is 0 Å². The van der Waals surface area contributed by atoms with Gasteiger partial charge >= 0.3 is 0 Å². The van der Waals surface area contributed by atoms with E-state index in [1.807, 2.05) is 54.6 Å². The number of nitrogens with zero attached hydrogens (tertiary/aromatic N) is 2. The molecule has 2 aromatic carbocycles. The maximum absolute atomic E-state index is 13.2. The molecule has 31 heavy (non-hydrogen) atoms. The van der Waals surface area contributed by atoms with Crippen molar-refractivity contribution in [2.24, 2.45) is 0 Å². The number of carbonyl (C=O) groups is 1. The van der Waals surface area contributed by atoms with Crippen molar-refractivity contribution in [3.63, 3.8) is 0 Å². The van der Waals surface area contributed by atoms with Crippen molar-refractivity contribution in [2.75, 3.05) is 13.9 Å². The SMILES string of the molecule is COc1ccc2nc(-c3ccc4c(c3)OCO4)cc(C(=O)NCc3ccccn3)c2c1. The van der Waals surface area contributed by atoms with Crippen LogP contribution in [0.1, 0.15) is 16.1 Å². The Morgan fingerprint density at radius 2 is 1.97 bits per heavy atom. The van der Waals surface area contributed by atoms with E-state index >= 15 is 0 Å². The van der Waals surface area contributed by atoms with Crippen LogP contribution in [0, 0.1) is 0 Å². The Morgan fingerprint density at radius 3 is 2.81 bits per heavy atom. The summed E-state index contributed by atoms with van der Waals surface area (Å²) in [4.78, 5) is 22.2. The fraction of sp³-hybridized carbons (Fsp3) is 0.125. The third-order valence-electron chi connectivity index (χ3n) is 5.09. The minimum Gasteiger partial charge on any atom is -0.497 e. The molecule has 0 radical (unpaired) electrons. The van der Waals surface area contributed by atoms with Gasteiger partial charge in [-0.25, -0.2) is 4.98 Å². The van der Waals surface area contributed by atoms with Crippen molar-refractivity contribution >= 4 is 16.8 Å². The summed E-state index contributed by atoms with van der Waals surface area (Å²) in [6.45, 7) is 0.526. The molecule has 0 atom stereocenters. The molecule has 1 amide bonds. The molecule has 0 bridgehead atoms. The fourth-order valence-electron chi connectivity index (χ4n) is 3.49.